The fraction of sp³-hybridized carbons (Fsp3) is 0.0667. The molecule has 40 heavy (non-hydrogen) atoms. The number of amides is 3. The number of nitrogens with zero attached hydrogens (tertiary/aromatic N) is 1. The van der Waals surface area contributed by atoms with Gasteiger partial charge in [-0.2, -0.15) is 0 Å². The monoisotopic (exact) mass is 534 g/mol. The van der Waals surface area contributed by atoms with Crippen LogP contribution in [-0.4, -0.2) is 46.8 Å². The number of hydrogen-bond donors (Lipinski definition) is 1. The van der Waals surface area contributed by atoms with Crippen LogP contribution in [0.15, 0.2) is 83.5 Å². The van der Waals surface area contributed by atoms with Crippen molar-refractivity contribution in [2.75, 3.05) is 11.9 Å². The van der Waals surface area contributed by atoms with Crippen molar-refractivity contribution in [3.8, 4) is 0 Å². The van der Waals surface area contributed by atoms with Gasteiger partial charge in [0.15, 0.2) is 18.2 Å². The Hall–Kier alpha value is -5.64. The summed E-state index contributed by atoms with van der Waals surface area (Å²) in [5, 5.41) is 2.54. The molecule has 2 heterocycles. The highest BCUT2D eigenvalue weighted by Crippen LogP contribution is 2.32. The third kappa shape index (κ3) is 4.08. The van der Waals surface area contributed by atoms with Gasteiger partial charge in [0, 0.05) is 16.7 Å². The van der Waals surface area contributed by atoms with E-state index < -0.39 is 36.1 Å². The van der Waals surface area contributed by atoms with E-state index >= 15 is 0 Å². The number of fused-ring (bicyclic) bond motifs is 3. The molecule has 2 aliphatic rings. The van der Waals surface area contributed by atoms with Gasteiger partial charge < -0.3 is 14.5 Å². The maximum absolute atomic E-state index is 13.1. The summed E-state index contributed by atoms with van der Waals surface area (Å²) in [5.74, 6) is -3.04. The molecular weight excluding hydrogens is 516 g/mol. The summed E-state index contributed by atoms with van der Waals surface area (Å²) in [7, 11) is 0. The molecule has 10 heteroatoms. The summed E-state index contributed by atoms with van der Waals surface area (Å²) < 4.78 is 10.3. The fourth-order valence-electron chi connectivity index (χ4n) is 4.77. The lowest BCUT2D eigenvalue weighted by Gasteiger charge is -2.20. The summed E-state index contributed by atoms with van der Waals surface area (Å²) in [4.78, 5) is 77.8. The summed E-state index contributed by atoms with van der Waals surface area (Å²) in [6.07, 6.45) is 1.43. The normalized spacial score (nSPS) is 13.6. The van der Waals surface area contributed by atoms with Crippen molar-refractivity contribution in [2.45, 2.75) is 6.54 Å². The van der Waals surface area contributed by atoms with E-state index in [1.54, 1.807) is 36.4 Å². The van der Waals surface area contributed by atoms with E-state index in [1.807, 2.05) is 0 Å². The number of furan rings is 1. The van der Waals surface area contributed by atoms with Crippen LogP contribution in [0.3, 0.4) is 0 Å². The van der Waals surface area contributed by atoms with Crippen molar-refractivity contribution < 1.29 is 37.9 Å². The third-order valence-corrected chi connectivity index (χ3v) is 6.66. The molecule has 1 aliphatic carbocycles. The van der Waals surface area contributed by atoms with Crippen molar-refractivity contribution in [3.63, 3.8) is 0 Å². The first kappa shape index (κ1) is 24.7. The highest BCUT2D eigenvalue weighted by atomic mass is 16.5. The molecule has 0 radical (unpaired) electrons. The van der Waals surface area contributed by atoms with Gasteiger partial charge in [0.1, 0.15) is 5.76 Å². The Balaban J connectivity index is 1.14. The Kier molecular flexibility index (Phi) is 5.92. The zero-order chi connectivity index (χ0) is 28.0. The minimum Gasteiger partial charge on any atom is -0.467 e. The summed E-state index contributed by atoms with van der Waals surface area (Å²) in [6, 6.07) is 18.2. The zero-order valence-corrected chi connectivity index (χ0v) is 20.6. The summed E-state index contributed by atoms with van der Waals surface area (Å²) in [6.45, 7) is -0.752. The number of hydrogen-bond acceptors (Lipinski definition) is 8. The first-order chi connectivity index (χ1) is 19.3. The molecule has 3 amide bonds. The minimum absolute atomic E-state index is 0.0259. The van der Waals surface area contributed by atoms with Gasteiger partial charge in [-0.25, -0.2) is 4.79 Å². The molecule has 1 aromatic heterocycles. The Bertz CT molecular complexity index is 1770. The zero-order valence-electron chi connectivity index (χ0n) is 20.6. The summed E-state index contributed by atoms with van der Waals surface area (Å²) >= 11 is 0. The number of carbonyl (C=O) groups is 6. The van der Waals surface area contributed by atoms with Gasteiger partial charge >= 0.3 is 5.97 Å². The van der Waals surface area contributed by atoms with E-state index in [0.29, 0.717) is 5.76 Å². The van der Waals surface area contributed by atoms with Crippen LogP contribution in [0.5, 0.6) is 0 Å². The first-order valence-electron chi connectivity index (χ1n) is 12.1. The van der Waals surface area contributed by atoms with Gasteiger partial charge in [0.2, 0.25) is 0 Å². The SMILES string of the molecule is O=C(COC(=O)c1ccc2c(c1)C(=O)N(Cc1ccco1)C2=O)Nc1cccc2c1C(=O)c1ccccc1C2=O. The summed E-state index contributed by atoms with van der Waals surface area (Å²) in [5.41, 5.74) is 1.02. The van der Waals surface area contributed by atoms with Crippen molar-refractivity contribution in [1.29, 1.82) is 0 Å². The quantitative estimate of drug-likeness (QED) is 0.257. The second-order valence-electron chi connectivity index (χ2n) is 9.09. The standard InChI is InChI=1S/C30H18N2O8/c33-24(31-23-9-3-8-21-25(23)27(35)19-7-2-1-6-18(19)26(21)34)15-40-30(38)16-10-11-20-22(13-16)29(37)32(28(20)36)14-17-5-4-12-39-17/h1-13H,14-15H2,(H,31,33). The van der Waals surface area contributed by atoms with Crippen LogP contribution in [0.4, 0.5) is 5.69 Å². The average Bonchev–Trinajstić information content (AvgIpc) is 3.57. The fourth-order valence-corrected chi connectivity index (χ4v) is 4.77. The predicted molar refractivity (Wildman–Crippen MR) is 138 cm³/mol. The van der Waals surface area contributed by atoms with Crippen molar-refractivity contribution in [1.82, 2.24) is 4.90 Å². The third-order valence-electron chi connectivity index (χ3n) is 6.66. The molecule has 0 spiro atoms. The number of ether oxygens (including phenoxy) is 1. The van der Waals surface area contributed by atoms with Crippen LogP contribution in [0.25, 0.3) is 0 Å². The van der Waals surface area contributed by atoms with E-state index in [0.717, 1.165) is 4.90 Å². The molecule has 3 aromatic carbocycles. The van der Waals surface area contributed by atoms with E-state index in [-0.39, 0.29) is 57.0 Å². The van der Waals surface area contributed by atoms with Gasteiger partial charge in [0.25, 0.3) is 17.7 Å². The predicted octanol–water partition coefficient (Wildman–Crippen LogP) is 3.65. The number of carbonyl (C=O) groups excluding carboxylic acids is 6. The molecule has 0 fully saturated rings. The molecule has 6 rings (SSSR count). The molecule has 0 bridgehead atoms. The molecule has 4 aromatic rings. The van der Waals surface area contributed by atoms with Crippen LogP contribution in [-0.2, 0) is 16.1 Å². The van der Waals surface area contributed by atoms with E-state index in [4.69, 9.17) is 9.15 Å². The van der Waals surface area contributed by atoms with Crippen LogP contribution in [0.1, 0.15) is 68.7 Å². The molecule has 196 valence electrons. The Morgan fingerprint density at radius 3 is 2.23 bits per heavy atom. The number of rotatable bonds is 6. The number of imide groups is 1. The van der Waals surface area contributed by atoms with Gasteiger partial charge in [0.05, 0.1) is 40.7 Å². The molecule has 0 atom stereocenters. The van der Waals surface area contributed by atoms with E-state index in [1.165, 1.54) is 42.7 Å². The van der Waals surface area contributed by atoms with E-state index in [2.05, 4.69) is 5.32 Å². The van der Waals surface area contributed by atoms with Gasteiger partial charge in [-0.3, -0.25) is 28.9 Å². The first-order valence-corrected chi connectivity index (χ1v) is 12.1. The molecule has 10 nitrogen and oxygen atoms in total. The highest BCUT2D eigenvalue weighted by molar-refractivity contribution is 6.30. The number of esters is 1. The molecule has 1 aliphatic heterocycles. The van der Waals surface area contributed by atoms with Crippen molar-refractivity contribution in [3.05, 3.63) is 124 Å². The molecule has 0 saturated heterocycles. The molecular formula is C30H18N2O8. The smallest absolute Gasteiger partial charge is 0.338 e. The number of ketones is 2. The van der Waals surface area contributed by atoms with Gasteiger partial charge in [-0.15, -0.1) is 0 Å². The van der Waals surface area contributed by atoms with Gasteiger partial charge in [-0.1, -0.05) is 36.4 Å². The Morgan fingerprint density at radius 2 is 1.48 bits per heavy atom. The highest BCUT2D eigenvalue weighted by Gasteiger charge is 2.37. The van der Waals surface area contributed by atoms with E-state index in [9.17, 15) is 28.8 Å². The number of benzene rings is 3. The van der Waals surface area contributed by atoms with Gasteiger partial charge in [-0.05, 0) is 36.4 Å². The molecule has 0 unspecified atom stereocenters. The molecule has 1 N–H and O–H groups in total. The number of nitrogens with one attached hydrogen (secondary N) is 1. The maximum Gasteiger partial charge on any atom is 0.338 e. The van der Waals surface area contributed by atoms with Crippen LogP contribution in [0, 0.1) is 0 Å². The lowest BCUT2D eigenvalue weighted by Crippen LogP contribution is -2.28. The average molecular weight is 534 g/mol. The van der Waals surface area contributed by atoms with Crippen molar-refractivity contribution >= 4 is 40.9 Å². The Labute approximate surface area is 226 Å². The largest absolute Gasteiger partial charge is 0.467 e. The van der Waals surface area contributed by atoms with Crippen molar-refractivity contribution in [2.24, 2.45) is 0 Å². The lowest BCUT2D eigenvalue weighted by atomic mass is 9.83. The van der Waals surface area contributed by atoms with Crippen LogP contribution >= 0.6 is 0 Å². The molecule has 0 saturated carbocycles. The lowest BCUT2D eigenvalue weighted by molar-refractivity contribution is -0.119. The van der Waals surface area contributed by atoms with Crippen LogP contribution < -0.4 is 5.32 Å². The minimum atomic E-state index is -0.891. The second kappa shape index (κ2) is 9.59. The topological polar surface area (TPSA) is 140 Å². The maximum atomic E-state index is 13.1. The Morgan fingerprint density at radius 1 is 0.750 bits per heavy atom. The van der Waals surface area contributed by atoms with Crippen LogP contribution in [0.2, 0.25) is 0 Å². The second-order valence-corrected chi connectivity index (χ2v) is 9.09. The number of anilines is 1.